The number of methoxy groups -OCH3 is 1. The Bertz CT molecular complexity index is 800. The van der Waals surface area contributed by atoms with E-state index in [4.69, 9.17) is 4.74 Å². The molecule has 1 amide bonds. The number of thiazole rings is 1. The predicted octanol–water partition coefficient (Wildman–Crippen LogP) is 3.75. The second-order valence-corrected chi connectivity index (χ2v) is 5.77. The summed E-state index contributed by atoms with van der Waals surface area (Å²) in [7, 11) is 1.56. The molecule has 23 heavy (non-hydrogen) atoms. The average molecular weight is 324 g/mol. The van der Waals surface area contributed by atoms with Crippen molar-refractivity contribution in [1.82, 2.24) is 10.3 Å². The number of para-hydroxylation sites is 1. The summed E-state index contributed by atoms with van der Waals surface area (Å²) in [6.07, 6.45) is 1.78. The number of rotatable bonds is 5. The van der Waals surface area contributed by atoms with Crippen molar-refractivity contribution < 1.29 is 9.53 Å². The van der Waals surface area contributed by atoms with Crippen LogP contribution in [0.4, 0.5) is 0 Å². The van der Waals surface area contributed by atoms with Crippen LogP contribution < -0.4 is 10.1 Å². The largest absolute Gasteiger partial charge is 0.496 e. The molecule has 0 saturated carbocycles. The molecule has 4 nitrogen and oxygen atoms in total. The van der Waals surface area contributed by atoms with Gasteiger partial charge in [0.2, 0.25) is 0 Å². The van der Waals surface area contributed by atoms with E-state index in [9.17, 15) is 4.79 Å². The van der Waals surface area contributed by atoms with Crippen molar-refractivity contribution >= 4 is 17.2 Å². The molecule has 1 N–H and O–H groups in total. The van der Waals surface area contributed by atoms with Gasteiger partial charge in [-0.25, -0.2) is 4.98 Å². The minimum absolute atomic E-state index is 0.156. The molecule has 0 aliphatic rings. The molecule has 0 fully saturated rings. The summed E-state index contributed by atoms with van der Waals surface area (Å²) in [5.41, 5.74) is 2.61. The molecule has 3 rings (SSSR count). The first-order valence-electron chi connectivity index (χ1n) is 7.18. The third-order valence-electron chi connectivity index (χ3n) is 3.47. The molecule has 0 radical (unpaired) electrons. The summed E-state index contributed by atoms with van der Waals surface area (Å²) in [5.74, 6) is 0.412. The molecule has 0 aliphatic carbocycles. The Kier molecular flexibility index (Phi) is 4.68. The summed E-state index contributed by atoms with van der Waals surface area (Å²) < 4.78 is 5.23. The van der Waals surface area contributed by atoms with E-state index in [1.165, 1.54) is 0 Å². The maximum absolute atomic E-state index is 12.4. The molecule has 3 aromatic rings. The van der Waals surface area contributed by atoms with E-state index in [0.29, 0.717) is 17.9 Å². The van der Waals surface area contributed by atoms with Gasteiger partial charge in [0, 0.05) is 23.7 Å². The lowest BCUT2D eigenvalue weighted by molar-refractivity contribution is 0.0948. The van der Waals surface area contributed by atoms with Gasteiger partial charge in [0.1, 0.15) is 10.8 Å². The maximum Gasteiger partial charge on any atom is 0.255 e. The van der Waals surface area contributed by atoms with Crippen LogP contribution in [0.25, 0.3) is 10.6 Å². The number of nitrogens with one attached hydrogen (secondary N) is 1. The number of carbonyl (C=O) groups excluding carboxylic acids is 1. The Hall–Kier alpha value is -2.66. The van der Waals surface area contributed by atoms with Crippen LogP contribution in [-0.4, -0.2) is 18.0 Å². The second-order valence-electron chi connectivity index (χ2n) is 4.88. The fraction of sp³-hybridized carbons (Fsp3) is 0.111. The normalized spacial score (nSPS) is 10.3. The van der Waals surface area contributed by atoms with Crippen molar-refractivity contribution in [1.29, 1.82) is 0 Å². The molecule has 1 heterocycles. The van der Waals surface area contributed by atoms with E-state index in [-0.39, 0.29) is 5.91 Å². The monoisotopic (exact) mass is 324 g/mol. The second kappa shape index (κ2) is 7.07. The minimum Gasteiger partial charge on any atom is -0.496 e. The van der Waals surface area contributed by atoms with Gasteiger partial charge in [0.15, 0.2) is 0 Å². The molecule has 2 aromatic carbocycles. The number of nitrogens with zero attached hydrogens (tertiary/aromatic N) is 1. The fourth-order valence-corrected chi connectivity index (χ4v) is 3.04. The zero-order valence-corrected chi connectivity index (χ0v) is 13.5. The molecule has 5 heteroatoms. The van der Waals surface area contributed by atoms with Crippen LogP contribution in [0.5, 0.6) is 5.75 Å². The summed E-state index contributed by atoms with van der Waals surface area (Å²) in [6.45, 7) is 0.437. The van der Waals surface area contributed by atoms with Gasteiger partial charge in [-0.2, -0.15) is 0 Å². The topological polar surface area (TPSA) is 51.2 Å². The zero-order valence-electron chi connectivity index (χ0n) is 12.7. The molecule has 1 aromatic heterocycles. The number of carbonyl (C=O) groups is 1. The zero-order chi connectivity index (χ0) is 16.1. The summed E-state index contributed by atoms with van der Waals surface area (Å²) in [6, 6.07) is 15.1. The smallest absolute Gasteiger partial charge is 0.255 e. The fourth-order valence-electron chi connectivity index (χ4n) is 2.34. The summed E-state index contributed by atoms with van der Waals surface area (Å²) >= 11 is 1.58. The van der Waals surface area contributed by atoms with E-state index in [0.717, 1.165) is 16.1 Å². The van der Waals surface area contributed by atoms with Gasteiger partial charge in [-0.15, -0.1) is 11.3 Å². The highest BCUT2D eigenvalue weighted by Gasteiger charge is 2.12. The third-order valence-corrected chi connectivity index (χ3v) is 4.28. The molecular weight excluding hydrogens is 308 g/mol. The Morgan fingerprint density at radius 1 is 1.17 bits per heavy atom. The first-order valence-corrected chi connectivity index (χ1v) is 8.06. The number of ether oxygens (including phenoxy) is 1. The van der Waals surface area contributed by atoms with Gasteiger partial charge < -0.3 is 10.1 Å². The van der Waals surface area contributed by atoms with E-state index >= 15 is 0 Å². The minimum atomic E-state index is -0.156. The van der Waals surface area contributed by atoms with Gasteiger partial charge in [0.05, 0.1) is 12.7 Å². The SMILES string of the molecule is COc1ccccc1C(=O)NCc1ccccc1-c1nccs1. The van der Waals surface area contributed by atoms with Crippen molar-refractivity contribution in [2.45, 2.75) is 6.54 Å². The van der Waals surface area contributed by atoms with Gasteiger partial charge in [0.25, 0.3) is 5.91 Å². The Labute approximate surface area is 138 Å². The van der Waals surface area contributed by atoms with Crippen molar-refractivity contribution in [3.8, 4) is 16.3 Å². The predicted molar refractivity (Wildman–Crippen MR) is 91.7 cm³/mol. The van der Waals surface area contributed by atoms with Crippen LogP contribution in [0.15, 0.2) is 60.1 Å². The van der Waals surface area contributed by atoms with Crippen molar-refractivity contribution in [3.05, 3.63) is 71.2 Å². The highest BCUT2D eigenvalue weighted by Crippen LogP contribution is 2.25. The van der Waals surface area contributed by atoms with Crippen LogP contribution >= 0.6 is 11.3 Å². The van der Waals surface area contributed by atoms with Crippen molar-refractivity contribution in [2.24, 2.45) is 0 Å². The van der Waals surface area contributed by atoms with E-state index in [1.807, 2.05) is 41.8 Å². The first-order chi connectivity index (χ1) is 11.3. The molecule has 0 spiro atoms. The number of benzene rings is 2. The Balaban J connectivity index is 1.78. The highest BCUT2D eigenvalue weighted by atomic mass is 32.1. The average Bonchev–Trinajstić information content (AvgIpc) is 3.14. The molecule has 0 aliphatic heterocycles. The summed E-state index contributed by atoms with van der Waals surface area (Å²) in [4.78, 5) is 16.7. The number of aromatic nitrogens is 1. The summed E-state index contributed by atoms with van der Waals surface area (Å²) in [5, 5.41) is 5.85. The van der Waals surface area contributed by atoms with Crippen LogP contribution in [0.3, 0.4) is 0 Å². The molecule has 0 unspecified atom stereocenters. The maximum atomic E-state index is 12.4. The lowest BCUT2D eigenvalue weighted by Crippen LogP contribution is -2.23. The van der Waals surface area contributed by atoms with Gasteiger partial charge in [-0.3, -0.25) is 4.79 Å². The van der Waals surface area contributed by atoms with Crippen LogP contribution in [0, 0.1) is 0 Å². The van der Waals surface area contributed by atoms with Crippen LogP contribution in [-0.2, 0) is 6.54 Å². The van der Waals surface area contributed by atoms with Crippen molar-refractivity contribution in [3.63, 3.8) is 0 Å². The lowest BCUT2D eigenvalue weighted by atomic mass is 10.1. The first kappa shape index (κ1) is 15.2. The van der Waals surface area contributed by atoms with Gasteiger partial charge in [-0.1, -0.05) is 36.4 Å². The van der Waals surface area contributed by atoms with E-state index < -0.39 is 0 Å². The van der Waals surface area contributed by atoms with Crippen LogP contribution in [0.2, 0.25) is 0 Å². The Morgan fingerprint density at radius 2 is 1.96 bits per heavy atom. The quantitative estimate of drug-likeness (QED) is 0.777. The molecule has 0 saturated heterocycles. The molecule has 0 atom stereocenters. The number of amides is 1. The molecule has 116 valence electrons. The standard InChI is InChI=1S/C18H16N2O2S/c1-22-16-9-5-4-8-15(16)17(21)20-12-13-6-2-3-7-14(13)18-19-10-11-23-18/h2-11H,12H2,1H3,(H,20,21). The molecular formula is C18H16N2O2S. The van der Waals surface area contributed by atoms with Crippen LogP contribution in [0.1, 0.15) is 15.9 Å². The third kappa shape index (κ3) is 3.40. The molecule has 0 bridgehead atoms. The highest BCUT2D eigenvalue weighted by molar-refractivity contribution is 7.13. The number of hydrogen-bond donors (Lipinski definition) is 1. The van der Waals surface area contributed by atoms with E-state index in [1.54, 1.807) is 36.8 Å². The van der Waals surface area contributed by atoms with Gasteiger partial charge >= 0.3 is 0 Å². The van der Waals surface area contributed by atoms with E-state index in [2.05, 4.69) is 10.3 Å². The van der Waals surface area contributed by atoms with Gasteiger partial charge in [-0.05, 0) is 17.7 Å². The van der Waals surface area contributed by atoms with Crippen molar-refractivity contribution in [2.75, 3.05) is 7.11 Å². The lowest BCUT2D eigenvalue weighted by Gasteiger charge is -2.11. The Morgan fingerprint density at radius 3 is 2.74 bits per heavy atom. The number of hydrogen-bond acceptors (Lipinski definition) is 4.